The average molecular weight is 234 g/mol. The zero-order valence-electron chi connectivity index (χ0n) is 10.3. The molecule has 0 aliphatic carbocycles. The Bertz CT molecular complexity index is 412. The molecule has 0 aromatic heterocycles. The number of rotatable bonds is 6. The Kier molecular flexibility index (Phi) is 7.86. The van der Waals surface area contributed by atoms with Crippen LogP contribution in [-0.2, 0) is 4.84 Å². The third-order valence-corrected chi connectivity index (χ3v) is 1.75. The van der Waals surface area contributed by atoms with E-state index in [0.29, 0.717) is 12.1 Å². The molecule has 0 N–H and O–H groups in total. The van der Waals surface area contributed by atoms with Crippen LogP contribution in [0.15, 0.2) is 41.2 Å². The number of nitrogens with zero attached hydrogens (tertiary/aromatic N) is 3. The lowest BCUT2D eigenvalue weighted by Gasteiger charge is -1.90. The second-order valence-electron chi connectivity index (χ2n) is 3.05. The summed E-state index contributed by atoms with van der Waals surface area (Å²) in [5.74, 6) is 0. The molecule has 0 aromatic rings. The Balaban J connectivity index is 4.64. The molecule has 0 fully saturated rings. The maximum Gasteiger partial charge on any atom is 0.255 e. The number of oxime groups is 1. The predicted octanol–water partition coefficient (Wildman–Crippen LogP) is 2.33. The molecule has 0 aliphatic rings. The molecule has 0 rings (SSSR count). The number of likely N-dealkylation sites (N-methyl/N-ethyl adjacent to an activating group) is 1. The highest BCUT2D eigenvalue weighted by atomic mass is 16.6. The largest absolute Gasteiger partial charge is 0.398 e. The Morgan fingerprint density at radius 1 is 1.59 bits per heavy atom. The molecule has 0 aromatic carbocycles. The topological polar surface area (TPSA) is 65.5 Å². The minimum absolute atomic E-state index is 0.252. The highest BCUT2D eigenvalue weighted by Crippen LogP contribution is 2.00. The standard InChI is InChI=1S/C12H16N3O2/c1-4-5-8-12(15(2)16)9-6-7-11(10-13)14-17-3/h4-6,8-9H,7H2,1-3H3/q+1. The van der Waals surface area contributed by atoms with Gasteiger partial charge < -0.3 is 4.84 Å². The van der Waals surface area contributed by atoms with Crippen LogP contribution >= 0.6 is 0 Å². The fourth-order valence-corrected chi connectivity index (χ4v) is 0.965. The van der Waals surface area contributed by atoms with Gasteiger partial charge in [0, 0.05) is 28.2 Å². The summed E-state index contributed by atoms with van der Waals surface area (Å²) in [4.78, 5) is 15.7. The van der Waals surface area contributed by atoms with Crippen molar-refractivity contribution < 1.29 is 9.60 Å². The van der Waals surface area contributed by atoms with Crippen LogP contribution in [-0.4, -0.2) is 24.6 Å². The summed E-state index contributed by atoms with van der Waals surface area (Å²) in [6, 6.07) is 1.90. The van der Waals surface area contributed by atoms with Crippen molar-refractivity contribution in [2.75, 3.05) is 14.2 Å². The first kappa shape index (κ1) is 14.8. The number of hydrogen-bond acceptors (Lipinski definition) is 4. The second-order valence-corrected chi connectivity index (χ2v) is 3.05. The van der Waals surface area contributed by atoms with E-state index in [1.54, 1.807) is 24.3 Å². The first-order valence-electron chi connectivity index (χ1n) is 5.06. The summed E-state index contributed by atoms with van der Waals surface area (Å²) in [6.07, 6.45) is 8.92. The summed E-state index contributed by atoms with van der Waals surface area (Å²) in [7, 11) is 2.79. The smallest absolute Gasteiger partial charge is 0.255 e. The summed E-state index contributed by atoms with van der Waals surface area (Å²) >= 11 is 0. The number of allylic oxidation sites excluding steroid dienone is 5. The fourth-order valence-electron chi connectivity index (χ4n) is 0.965. The van der Waals surface area contributed by atoms with Crippen LogP contribution < -0.4 is 0 Å². The molecule has 0 bridgehead atoms. The predicted molar refractivity (Wildman–Crippen MR) is 66.3 cm³/mol. The van der Waals surface area contributed by atoms with Crippen molar-refractivity contribution >= 4 is 5.71 Å². The third-order valence-electron chi connectivity index (χ3n) is 1.75. The van der Waals surface area contributed by atoms with Crippen LogP contribution in [0.5, 0.6) is 0 Å². The first-order chi connectivity index (χ1) is 8.15. The zero-order valence-corrected chi connectivity index (χ0v) is 10.3. The van der Waals surface area contributed by atoms with Crippen molar-refractivity contribution in [3.05, 3.63) is 41.0 Å². The molecule has 0 saturated heterocycles. The maximum atomic E-state index is 11.2. The molecule has 5 heteroatoms. The number of hydrogen-bond donors (Lipinski definition) is 0. The molecule has 5 nitrogen and oxygen atoms in total. The first-order valence-corrected chi connectivity index (χ1v) is 5.06. The number of nitroso groups, excluding NO2 is 1. The van der Waals surface area contributed by atoms with Gasteiger partial charge in [0.2, 0.25) is 0 Å². The van der Waals surface area contributed by atoms with Crippen molar-refractivity contribution in [2.45, 2.75) is 13.3 Å². The van der Waals surface area contributed by atoms with E-state index in [4.69, 9.17) is 5.26 Å². The van der Waals surface area contributed by atoms with E-state index in [1.807, 2.05) is 19.1 Å². The molecule has 17 heavy (non-hydrogen) atoms. The second kappa shape index (κ2) is 9.04. The Hall–Kier alpha value is -2.22. The molecule has 90 valence electrons. The fraction of sp³-hybridized carbons (Fsp3) is 0.333. The molecule has 0 radical (unpaired) electrons. The summed E-state index contributed by atoms with van der Waals surface area (Å²) in [6.45, 7) is 1.86. The van der Waals surface area contributed by atoms with Gasteiger partial charge in [-0.3, -0.25) is 0 Å². The van der Waals surface area contributed by atoms with Crippen molar-refractivity contribution in [3.8, 4) is 6.07 Å². The van der Waals surface area contributed by atoms with E-state index < -0.39 is 0 Å². The van der Waals surface area contributed by atoms with E-state index in [2.05, 4.69) is 9.99 Å². The Labute approximate surface area is 101 Å². The molecule has 0 aliphatic heterocycles. The molecule has 0 saturated carbocycles. The molecule has 0 atom stereocenters. The van der Waals surface area contributed by atoms with E-state index in [9.17, 15) is 4.91 Å². The van der Waals surface area contributed by atoms with Crippen molar-refractivity contribution in [1.82, 2.24) is 0 Å². The van der Waals surface area contributed by atoms with Crippen molar-refractivity contribution in [1.29, 1.82) is 5.26 Å². The third kappa shape index (κ3) is 6.79. The average Bonchev–Trinajstić information content (AvgIpc) is 2.31. The van der Waals surface area contributed by atoms with Gasteiger partial charge in [0.25, 0.3) is 5.70 Å². The molecular weight excluding hydrogens is 218 g/mol. The zero-order chi connectivity index (χ0) is 13.1. The lowest BCUT2D eigenvalue weighted by molar-refractivity contribution is -0.460. The number of nitriles is 1. The van der Waals surface area contributed by atoms with Gasteiger partial charge in [0.05, 0.1) is 0 Å². The lowest BCUT2D eigenvalue weighted by Crippen LogP contribution is -1.98. The minimum Gasteiger partial charge on any atom is -0.398 e. The van der Waals surface area contributed by atoms with E-state index in [1.165, 1.54) is 14.2 Å². The maximum absolute atomic E-state index is 11.2. The highest BCUT2D eigenvalue weighted by Gasteiger charge is 2.05. The minimum atomic E-state index is 0.252. The van der Waals surface area contributed by atoms with Crippen LogP contribution in [0.3, 0.4) is 0 Å². The van der Waals surface area contributed by atoms with E-state index >= 15 is 0 Å². The quantitative estimate of drug-likeness (QED) is 0.306. The van der Waals surface area contributed by atoms with Gasteiger partial charge in [-0.25, -0.2) is 0 Å². The van der Waals surface area contributed by atoms with Gasteiger partial charge in [-0.1, -0.05) is 23.4 Å². The van der Waals surface area contributed by atoms with Gasteiger partial charge in [-0.05, 0) is 6.92 Å². The van der Waals surface area contributed by atoms with Gasteiger partial charge >= 0.3 is 0 Å². The van der Waals surface area contributed by atoms with Crippen LogP contribution in [0.2, 0.25) is 0 Å². The summed E-state index contributed by atoms with van der Waals surface area (Å²) in [5, 5.41) is 12.2. The lowest BCUT2D eigenvalue weighted by atomic mass is 10.2. The van der Waals surface area contributed by atoms with Gasteiger partial charge in [-0.15, -0.1) is 0 Å². The Morgan fingerprint density at radius 2 is 2.29 bits per heavy atom. The van der Waals surface area contributed by atoms with E-state index in [0.717, 1.165) is 4.76 Å². The van der Waals surface area contributed by atoms with Crippen LogP contribution in [0, 0.1) is 16.2 Å². The van der Waals surface area contributed by atoms with Gasteiger partial charge in [-0.2, -0.15) is 5.26 Å². The van der Waals surface area contributed by atoms with Crippen LogP contribution in [0.1, 0.15) is 13.3 Å². The molecule has 0 spiro atoms. The monoisotopic (exact) mass is 234 g/mol. The Morgan fingerprint density at radius 3 is 2.76 bits per heavy atom. The van der Waals surface area contributed by atoms with Gasteiger partial charge in [0.15, 0.2) is 12.8 Å². The molecule has 0 unspecified atom stereocenters. The van der Waals surface area contributed by atoms with Crippen molar-refractivity contribution in [3.63, 3.8) is 0 Å². The molecular formula is C12H16N3O2+. The van der Waals surface area contributed by atoms with E-state index in [-0.39, 0.29) is 5.71 Å². The van der Waals surface area contributed by atoms with Crippen LogP contribution in [0.25, 0.3) is 0 Å². The van der Waals surface area contributed by atoms with Gasteiger partial charge in [0.1, 0.15) is 13.2 Å². The SMILES string of the molecule is CC=CC=C(C=CCC(C#N)=NOC)[N+](C)=O. The van der Waals surface area contributed by atoms with Crippen LogP contribution in [0.4, 0.5) is 0 Å². The van der Waals surface area contributed by atoms with Crippen molar-refractivity contribution in [2.24, 2.45) is 5.16 Å². The molecule has 0 heterocycles. The summed E-state index contributed by atoms with van der Waals surface area (Å²) < 4.78 is 0.746. The normalized spacial score (nSPS) is 13.1. The summed E-state index contributed by atoms with van der Waals surface area (Å²) in [5.41, 5.74) is 0.750. The highest BCUT2D eigenvalue weighted by molar-refractivity contribution is 5.98. The molecule has 0 amide bonds.